The molecule has 144 valence electrons. The van der Waals surface area contributed by atoms with Crippen molar-refractivity contribution < 1.29 is 87.9 Å². The summed E-state index contributed by atoms with van der Waals surface area (Å²) >= 11 is 0. The Morgan fingerprint density at radius 3 is 1.13 bits per heavy atom. The molecule has 0 aromatic heterocycles. The van der Waals surface area contributed by atoms with Gasteiger partial charge in [-0.25, -0.2) is 0 Å². The molecular weight excluding hydrogens is 446 g/mol. The van der Waals surface area contributed by atoms with Crippen LogP contribution in [0.4, 0.5) is 0 Å². The molecule has 2 N–H and O–H groups in total. The molecule has 5 rings (SSSR count). The van der Waals surface area contributed by atoms with Crippen LogP contribution in [0.25, 0.3) is 43.1 Å². The van der Waals surface area contributed by atoms with Gasteiger partial charge in [-0.2, -0.15) is 16.8 Å². The van der Waals surface area contributed by atoms with E-state index in [1.165, 1.54) is 12.1 Å². The molecule has 0 saturated heterocycles. The summed E-state index contributed by atoms with van der Waals surface area (Å²) in [6.07, 6.45) is 0. The first kappa shape index (κ1) is 23.9. The standard InChI is InChI=1S/C20H12O6S2.2Na.2H/c21-27(22,23)17-9-7-13-14-8-10-18(28(24,25)26)16-6-2-4-12(20(14)16)11-3-1-5-15(17)19(11)13;;;;/h1-10H,(H,21,22,23)(H,24,25,26);;;;/q;2*+1;2*-1. The molecule has 0 atom stereocenters. The van der Waals surface area contributed by atoms with Gasteiger partial charge < -0.3 is 2.85 Å². The van der Waals surface area contributed by atoms with Crippen LogP contribution in [0.3, 0.4) is 0 Å². The maximum absolute atomic E-state index is 11.8. The summed E-state index contributed by atoms with van der Waals surface area (Å²) in [4.78, 5) is -0.364. The SMILES string of the molecule is O=S(=O)(O)c1ccc2c3ccc(S(=O)(=O)O)c4cccc(c5cccc1c52)c43.[H-].[H-].[Na+].[Na+]. The van der Waals surface area contributed by atoms with Gasteiger partial charge in [-0.3, -0.25) is 9.11 Å². The van der Waals surface area contributed by atoms with Crippen LogP contribution >= 0.6 is 0 Å². The molecule has 6 nitrogen and oxygen atoms in total. The molecule has 0 aliphatic heterocycles. The second kappa shape index (κ2) is 7.97. The molecular formula is C20H14Na2O6S2. The fourth-order valence-corrected chi connectivity index (χ4v) is 5.48. The molecule has 0 aliphatic carbocycles. The molecule has 0 aliphatic rings. The average Bonchev–Trinajstić information content (AvgIpc) is 2.63. The smallest absolute Gasteiger partial charge is 1.00 e. The number of hydrogen-bond donors (Lipinski definition) is 2. The maximum Gasteiger partial charge on any atom is 1.00 e. The zero-order chi connectivity index (χ0) is 19.8. The molecule has 0 spiro atoms. The van der Waals surface area contributed by atoms with Gasteiger partial charge >= 0.3 is 59.1 Å². The topological polar surface area (TPSA) is 109 Å². The largest absolute Gasteiger partial charge is 1.00 e. The Labute approximate surface area is 219 Å². The van der Waals surface area contributed by atoms with Crippen molar-refractivity contribution >= 4 is 63.3 Å². The summed E-state index contributed by atoms with van der Waals surface area (Å²) in [6.45, 7) is 0. The van der Waals surface area contributed by atoms with Crippen molar-refractivity contribution in [3.63, 3.8) is 0 Å². The fraction of sp³-hybridized carbons (Fsp3) is 0. The second-order valence-corrected chi connectivity index (χ2v) is 9.41. The van der Waals surface area contributed by atoms with Gasteiger partial charge in [-0.15, -0.1) is 0 Å². The van der Waals surface area contributed by atoms with Crippen LogP contribution in [0.2, 0.25) is 0 Å². The van der Waals surface area contributed by atoms with E-state index in [0.717, 1.165) is 21.5 Å². The first-order valence-corrected chi connectivity index (χ1v) is 11.1. The number of rotatable bonds is 2. The predicted octanol–water partition coefficient (Wildman–Crippen LogP) is -1.54. The summed E-state index contributed by atoms with van der Waals surface area (Å²) in [5.41, 5.74) is 0. The minimum Gasteiger partial charge on any atom is -1.00 e. The van der Waals surface area contributed by atoms with Crippen molar-refractivity contribution in [2.24, 2.45) is 0 Å². The Morgan fingerprint density at radius 1 is 0.500 bits per heavy atom. The molecule has 0 amide bonds. The van der Waals surface area contributed by atoms with Crippen molar-refractivity contribution in [1.82, 2.24) is 0 Å². The van der Waals surface area contributed by atoms with Crippen LogP contribution in [-0.4, -0.2) is 25.9 Å². The molecule has 5 aromatic carbocycles. The fourth-order valence-electron chi connectivity index (χ4n) is 4.11. The quantitative estimate of drug-likeness (QED) is 0.143. The molecule has 30 heavy (non-hydrogen) atoms. The van der Waals surface area contributed by atoms with E-state index < -0.39 is 20.2 Å². The number of fused-ring (bicyclic) bond motifs is 2. The van der Waals surface area contributed by atoms with Gasteiger partial charge in [-0.05, 0) is 44.5 Å². The Bertz CT molecular complexity index is 1530. The summed E-state index contributed by atoms with van der Waals surface area (Å²) in [5, 5.41) is 5.01. The predicted molar refractivity (Wildman–Crippen MR) is 110 cm³/mol. The van der Waals surface area contributed by atoms with Crippen molar-refractivity contribution in [2.75, 3.05) is 0 Å². The minimum absolute atomic E-state index is 0. The zero-order valence-electron chi connectivity index (χ0n) is 18.1. The van der Waals surface area contributed by atoms with Gasteiger partial charge in [0.05, 0.1) is 0 Å². The van der Waals surface area contributed by atoms with Crippen molar-refractivity contribution in [2.45, 2.75) is 9.79 Å². The Morgan fingerprint density at radius 2 is 0.800 bits per heavy atom. The van der Waals surface area contributed by atoms with E-state index in [0.29, 0.717) is 21.5 Å². The van der Waals surface area contributed by atoms with Gasteiger partial charge in [0.15, 0.2) is 0 Å². The molecule has 0 fully saturated rings. The van der Waals surface area contributed by atoms with Crippen LogP contribution in [0.5, 0.6) is 0 Å². The van der Waals surface area contributed by atoms with Crippen molar-refractivity contribution in [1.29, 1.82) is 0 Å². The van der Waals surface area contributed by atoms with Gasteiger partial charge in [0, 0.05) is 10.8 Å². The molecule has 0 saturated carbocycles. The summed E-state index contributed by atoms with van der Waals surface area (Å²) in [5.74, 6) is 0. The molecule has 0 unspecified atom stereocenters. The molecule has 0 radical (unpaired) electrons. The first-order valence-electron chi connectivity index (χ1n) is 8.25. The summed E-state index contributed by atoms with van der Waals surface area (Å²) in [7, 11) is -8.83. The van der Waals surface area contributed by atoms with E-state index in [1.54, 1.807) is 36.4 Å². The Balaban J connectivity index is 0.00000128. The monoisotopic (exact) mass is 460 g/mol. The van der Waals surface area contributed by atoms with Gasteiger partial charge in [0.1, 0.15) is 9.79 Å². The molecule has 0 bridgehead atoms. The minimum atomic E-state index is -4.41. The van der Waals surface area contributed by atoms with Gasteiger partial charge in [0.25, 0.3) is 20.2 Å². The number of benzene rings is 5. The first-order chi connectivity index (χ1) is 13.2. The zero-order valence-corrected chi connectivity index (χ0v) is 21.8. The van der Waals surface area contributed by atoms with Crippen LogP contribution in [0, 0.1) is 0 Å². The molecule has 5 aromatic rings. The normalized spacial score (nSPS) is 12.3. The third-order valence-corrected chi connectivity index (χ3v) is 6.96. The van der Waals surface area contributed by atoms with Gasteiger partial charge in [-0.1, -0.05) is 48.5 Å². The van der Waals surface area contributed by atoms with Crippen molar-refractivity contribution in [3.05, 3.63) is 60.7 Å². The maximum atomic E-state index is 11.8. The van der Waals surface area contributed by atoms with E-state index in [2.05, 4.69) is 0 Å². The molecule has 0 heterocycles. The summed E-state index contributed by atoms with van der Waals surface area (Å²) < 4.78 is 66.5. The molecule has 10 heteroatoms. The Kier molecular flexibility index (Phi) is 6.34. The van der Waals surface area contributed by atoms with Gasteiger partial charge in [0.2, 0.25) is 0 Å². The summed E-state index contributed by atoms with van der Waals surface area (Å²) in [6, 6.07) is 16.2. The van der Waals surface area contributed by atoms with Crippen LogP contribution in [0.1, 0.15) is 2.85 Å². The van der Waals surface area contributed by atoms with E-state index in [-0.39, 0.29) is 71.8 Å². The van der Waals surface area contributed by atoms with E-state index in [1.807, 2.05) is 12.1 Å². The van der Waals surface area contributed by atoms with E-state index >= 15 is 0 Å². The van der Waals surface area contributed by atoms with Crippen LogP contribution in [-0.2, 0) is 20.2 Å². The Hall–Kier alpha value is -0.780. The third kappa shape index (κ3) is 3.49. The van der Waals surface area contributed by atoms with Crippen molar-refractivity contribution in [3.8, 4) is 0 Å². The van der Waals surface area contributed by atoms with E-state index in [9.17, 15) is 25.9 Å². The van der Waals surface area contributed by atoms with Crippen LogP contribution in [0.15, 0.2) is 70.5 Å². The number of hydrogen-bond acceptors (Lipinski definition) is 4. The second-order valence-electron chi connectivity index (χ2n) is 6.63. The average molecular weight is 460 g/mol. The van der Waals surface area contributed by atoms with E-state index in [4.69, 9.17) is 0 Å². The van der Waals surface area contributed by atoms with Crippen LogP contribution < -0.4 is 59.1 Å². The third-order valence-electron chi connectivity index (χ3n) is 5.14.